The van der Waals surface area contributed by atoms with Gasteiger partial charge in [-0.2, -0.15) is 0 Å². The van der Waals surface area contributed by atoms with Crippen LogP contribution < -0.4 is 0 Å². The lowest BCUT2D eigenvalue weighted by Crippen LogP contribution is -2.27. The Morgan fingerprint density at radius 2 is 1.55 bits per heavy atom. The fraction of sp³-hybridized carbons (Fsp3) is 0.333. The normalized spacial score (nSPS) is 26.9. The zero-order valence-corrected chi connectivity index (χ0v) is 12.3. The molecule has 2 aromatic carbocycles. The summed E-state index contributed by atoms with van der Waals surface area (Å²) in [6, 6.07) is 19.5. The summed E-state index contributed by atoms with van der Waals surface area (Å²) in [4.78, 5) is 2.31. The van der Waals surface area contributed by atoms with Crippen LogP contribution in [-0.4, -0.2) is 18.0 Å². The molecule has 0 aromatic heterocycles. The first-order valence-corrected chi connectivity index (χ1v) is 7.16. The molecule has 1 aliphatic rings. The highest BCUT2D eigenvalue weighted by atomic mass is 16.5. The number of aryl methyl sites for hydroxylation is 1. The zero-order chi connectivity index (χ0) is 14.1. The average molecular weight is 267 g/mol. The Kier molecular flexibility index (Phi) is 3.60. The lowest BCUT2D eigenvalue weighted by Gasteiger charge is -2.21. The predicted molar refractivity (Wildman–Crippen MR) is 81.4 cm³/mol. The van der Waals surface area contributed by atoms with E-state index in [4.69, 9.17) is 4.74 Å². The molecule has 1 fully saturated rings. The number of benzene rings is 2. The molecule has 2 aromatic rings. The van der Waals surface area contributed by atoms with Crippen molar-refractivity contribution in [3.8, 4) is 0 Å². The van der Waals surface area contributed by atoms with Crippen LogP contribution in [0, 0.1) is 6.92 Å². The Bertz CT molecular complexity index is 564. The van der Waals surface area contributed by atoms with E-state index in [0.29, 0.717) is 6.04 Å². The van der Waals surface area contributed by atoms with E-state index < -0.39 is 0 Å². The van der Waals surface area contributed by atoms with Crippen molar-refractivity contribution in [3.63, 3.8) is 0 Å². The quantitative estimate of drug-likeness (QED) is 0.812. The van der Waals surface area contributed by atoms with Crippen molar-refractivity contribution in [2.24, 2.45) is 0 Å². The monoisotopic (exact) mass is 267 g/mol. The molecule has 0 spiro atoms. The highest BCUT2D eigenvalue weighted by Crippen LogP contribution is 2.40. The van der Waals surface area contributed by atoms with E-state index >= 15 is 0 Å². The number of rotatable bonds is 2. The van der Waals surface area contributed by atoms with Gasteiger partial charge in [0.1, 0.15) is 12.3 Å². The Morgan fingerprint density at radius 1 is 0.900 bits per heavy atom. The van der Waals surface area contributed by atoms with E-state index in [1.54, 1.807) is 0 Å². The topological polar surface area (TPSA) is 12.5 Å². The Morgan fingerprint density at radius 3 is 2.20 bits per heavy atom. The van der Waals surface area contributed by atoms with Gasteiger partial charge in [-0.15, -0.1) is 0 Å². The van der Waals surface area contributed by atoms with Crippen LogP contribution >= 0.6 is 0 Å². The van der Waals surface area contributed by atoms with Gasteiger partial charge < -0.3 is 4.74 Å². The van der Waals surface area contributed by atoms with Crippen molar-refractivity contribution in [2.75, 3.05) is 7.05 Å². The van der Waals surface area contributed by atoms with Crippen LogP contribution in [-0.2, 0) is 4.74 Å². The molecule has 0 bridgehead atoms. The summed E-state index contributed by atoms with van der Waals surface area (Å²) in [5, 5.41) is 0. The molecule has 0 N–H and O–H groups in total. The van der Waals surface area contributed by atoms with Crippen LogP contribution in [0.3, 0.4) is 0 Å². The number of nitrogens with zero attached hydrogens (tertiary/aromatic N) is 1. The van der Waals surface area contributed by atoms with Crippen LogP contribution in [0.25, 0.3) is 0 Å². The van der Waals surface area contributed by atoms with Gasteiger partial charge in [-0.25, -0.2) is 0 Å². The molecule has 1 heterocycles. The summed E-state index contributed by atoms with van der Waals surface area (Å²) < 4.78 is 6.32. The van der Waals surface area contributed by atoms with E-state index in [0.717, 1.165) is 0 Å². The molecule has 104 valence electrons. The third-order valence-corrected chi connectivity index (χ3v) is 4.22. The molecular weight excluding hydrogens is 246 g/mol. The standard InChI is InChI=1S/C18H21NO/c1-13-9-11-16(12-10-13)18-19(3)14(2)17(20-18)15-7-5-4-6-8-15/h4-12,14,17-18H,1-3H3/t14-,17-,18+/m0/s1. The zero-order valence-electron chi connectivity index (χ0n) is 12.3. The van der Waals surface area contributed by atoms with E-state index in [1.807, 2.05) is 6.07 Å². The highest BCUT2D eigenvalue weighted by molar-refractivity contribution is 5.26. The van der Waals surface area contributed by atoms with Crippen LogP contribution in [0.5, 0.6) is 0 Å². The number of hydrogen-bond donors (Lipinski definition) is 0. The van der Waals surface area contributed by atoms with Gasteiger partial charge >= 0.3 is 0 Å². The average Bonchev–Trinajstić information content (AvgIpc) is 2.77. The van der Waals surface area contributed by atoms with E-state index in [1.165, 1.54) is 16.7 Å². The molecule has 0 amide bonds. The second-order valence-corrected chi connectivity index (χ2v) is 5.64. The molecule has 3 rings (SSSR count). The van der Waals surface area contributed by atoms with Gasteiger partial charge in [0.15, 0.2) is 0 Å². The number of likely N-dealkylation sites (N-methyl/N-ethyl adjacent to an activating group) is 1. The minimum Gasteiger partial charge on any atom is -0.349 e. The van der Waals surface area contributed by atoms with Crippen molar-refractivity contribution in [1.82, 2.24) is 4.90 Å². The van der Waals surface area contributed by atoms with Gasteiger partial charge in [0.2, 0.25) is 0 Å². The highest BCUT2D eigenvalue weighted by Gasteiger charge is 2.38. The molecule has 20 heavy (non-hydrogen) atoms. The minimum absolute atomic E-state index is 0.0378. The SMILES string of the molecule is Cc1ccc([C@H]2O[C@H](c3ccccc3)[C@H](C)N2C)cc1. The predicted octanol–water partition coefficient (Wildman–Crippen LogP) is 4.09. The molecule has 2 heteroatoms. The van der Waals surface area contributed by atoms with Gasteiger partial charge in [0.05, 0.1) is 0 Å². The fourth-order valence-corrected chi connectivity index (χ4v) is 2.82. The summed E-state index contributed by atoms with van der Waals surface area (Å²) >= 11 is 0. The molecule has 2 nitrogen and oxygen atoms in total. The van der Waals surface area contributed by atoms with Gasteiger partial charge in [0.25, 0.3) is 0 Å². The van der Waals surface area contributed by atoms with Gasteiger partial charge in [-0.05, 0) is 32.0 Å². The van der Waals surface area contributed by atoms with E-state index in [-0.39, 0.29) is 12.3 Å². The Balaban J connectivity index is 1.87. The van der Waals surface area contributed by atoms with Crippen LogP contribution in [0.15, 0.2) is 54.6 Å². The van der Waals surface area contributed by atoms with Crippen LogP contribution in [0.4, 0.5) is 0 Å². The van der Waals surface area contributed by atoms with Gasteiger partial charge in [0, 0.05) is 6.04 Å². The van der Waals surface area contributed by atoms with Crippen molar-refractivity contribution >= 4 is 0 Å². The van der Waals surface area contributed by atoms with Crippen LogP contribution in [0.2, 0.25) is 0 Å². The first kappa shape index (κ1) is 13.3. The molecular formula is C18H21NO. The Hall–Kier alpha value is -1.64. The summed E-state index contributed by atoms with van der Waals surface area (Å²) in [7, 11) is 2.14. The van der Waals surface area contributed by atoms with Crippen LogP contribution in [0.1, 0.15) is 35.9 Å². The lowest BCUT2D eigenvalue weighted by molar-refractivity contribution is 0.00560. The summed E-state index contributed by atoms with van der Waals surface area (Å²) in [6.07, 6.45) is 0.170. The second kappa shape index (κ2) is 5.39. The summed E-state index contributed by atoms with van der Waals surface area (Å²) in [5.41, 5.74) is 3.76. The van der Waals surface area contributed by atoms with Crippen molar-refractivity contribution in [3.05, 3.63) is 71.3 Å². The summed E-state index contributed by atoms with van der Waals surface area (Å²) in [5.74, 6) is 0. The number of hydrogen-bond acceptors (Lipinski definition) is 2. The molecule has 0 aliphatic carbocycles. The Labute approximate surface area is 121 Å². The van der Waals surface area contributed by atoms with Gasteiger partial charge in [-0.3, -0.25) is 4.90 Å². The third-order valence-electron chi connectivity index (χ3n) is 4.22. The molecule has 3 atom stereocenters. The largest absolute Gasteiger partial charge is 0.349 e. The first-order chi connectivity index (χ1) is 9.66. The maximum Gasteiger partial charge on any atom is 0.137 e. The molecule has 0 radical (unpaired) electrons. The second-order valence-electron chi connectivity index (χ2n) is 5.64. The lowest BCUT2D eigenvalue weighted by atomic mass is 10.0. The molecule has 0 unspecified atom stereocenters. The first-order valence-electron chi connectivity index (χ1n) is 7.16. The third kappa shape index (κ3) is 2.37. The van der Waals surface area contributed by atoms with Crippen molar-refractivity contribution in [2.45, 2.75) is 32.2 Å². The molecule has 1 aliphatic heterocycles. The fourth-order valence-electron chi connectivity index (χ4n) is 2.82. The molecule has 0 saturated carbocycles. The van der Waals surface area contributed by atoms with E-state index in [9.17, 15) is 0 Å². The van der Waals surface area contributed by atoms with E-state index in [2.05, 4.69) is 74.3 Å². The maximum absolute atomic E-state index is 6.32. The van der Waals surface area contributed by atoms with Gasteiger partial charge in [-0.1, -0.05) is 60.2 Å². The number of ether oxygens (including phenoxy) is 1. The summed E-state index contributed by atoms with van der Waals surface area (Å²) in [6.45, 7) is 4.34. The van der Waals surface area contributed by atoms with Crippen molar-refractivity contribution in [1.29, 1.82) is 0 Å². The van der Waals surface area contributed by atoms with Crippen molar-refractivity contribution < 1.29 is 4.74 Å². The smallest absolute Gasteiger partial charge is 0.137 e. The maximum atomic E-state index is 6.32. The minimum atomic E-state index is 0.0378. The molecule has 1 saturated heterocycles.